The van der Waals surface area contributed by atoms with Crippen LogP contribution < -0.4 is 5.32 Å². The van der Waals surface area contributed by atoms with Gasteiger partial charge in [-0.15, -0.1) is 0 Å². The Kier molecular flexibility index (Phi) is 5.33. The SMILES string of the molecule is Cc1ccc(CN(C)[C@H](C)C(=O)NCc2ccc(F)cc2)o1. The molecule has 0 aliphatic carbocycles. The fraction of sp³-hybridized carbons (Fsp3) is 0.353. The molecular weight excluding hydrogens is 283 g/mol. The molecule has 0 aliphatic rings. The largest absolute Gasteiger partial charge is 0.465 e. The molecule has 1 N–H and O–H groups in total. The summed E-state index contributed by atoms with van der Waals surface area (Å²) in [5.41, 5.74) is 0.867. The zero-order valence-corrected chi connectivity index (χ0v) is 13.1. The van der Waals surface area contributed by atoms with Crippen LogP contribution >= 0.6 is 0 Å². The van der Waals surface area contributed by atoms with Gasteiger partial charge in [0.05, 0.1) is 12.6 Å². The molecule has 2 aromatic rings. The summed E-state index contributed by atoms with van der Waals surface area (Å²) >= 11 is 0. The van der Waals surface area contributed by atoms with Crippen LogP contribution in [0.5, 0.6) is 0 Å². The zero-order valence-electron chi connectivity index (χ0n) is 13.1. The number of benzene rings is 1. The Balaban J connectivity index is 1.84. The fourth-order valence-corrected chi connectivity index (χ4v) is 2.09. The number of carbonyl (C=O) groups is 1. The highest BCUT2D eigenvalue weighted by molar-refractivity contribution is 5.81. The summed E-state index contributed by atoms with van der Waals surface area (Å²) in [5.74, 6) is 1.34. The second-order valence-electron chi connectivity index (χ2n) is 5.45. The number of halogens is 1. The van der Waals surface area contributed by atoms with Gasteiger partial charge in [0.2, 0.25) is 5.91 Å². The van der Waals surface area contributed by atoms with Gasteiger partial charge in [-0.2, -0.15) is 0 Å². The third kappa shape index (κ3) is 4.43. The molecule has 1 aromatic heterocycles. The topological polar surface area (TPSA) is 45.5 Å². The van der Waals surface area contributed by atoms with Crippen LogP contribution in [0.4, 0.5) is 4.39 Å². The van der Waals surface area contributed by atoms with Crippen molar-refractivity contribution < 1.29 is 13.6 Å². The third-order valence-corrected chi connectivity index (χ3v) is 3.62. The minimum absolute atomic E-state index is 0.0740. The Hall–Kier alpha value is -2.14. The molecule has 118 valence electrons. The molecule has 0 aliphatic heterocycles. The van der Waals surface area contributed by atoms with Crippen molar-refractivity contribution in [3.8, 4) is 0 Å². The maximum absolute atomic E-state index is 12.8. The van der Waals surface area contributed by atoms with Gasteiger partial charge in [0.1, 0.15) is 17.3 Å². The van der Waals surface area contributed by atoms with E-state index in [9.17, 15) is 9.18 Å². The normalized spacial score (nSPS) is 12.4. The first-order chi connectivity index (χ1) is 10.5. The van der Waals surface area contributed by atoms with Crippen molar-refractivity contribution in [3.63, 3.8) is 0 Å². The van der Waals surface area contributed by atoms with E-state index in [0.29, 0.717) is 13.1 Å². The maximum atomic E-state index is 12.8. The van der Waals surface area contributed by atoms with E-state index in [1.165, 1.54) is 12.1 Å². The minimum Gasteiger partial charge on any atom is -0.465 e. The summed E-state index contributed by atoms with van der Waals surface area (Å²) in [7, 11) is 1.87. The standard InChI is InChI=1S/C17H21FN2O2/c1-12-4-9-16(22-12)11-20(3)13(2)17(21)19-10-14-5-7-15(18)8-6-14/h4-9,13H,10-11H2,1-3H3,(H,19,21)/t13-/m1/s1. The van der Waals surface area contributed by atoms with E-state index in [1.54, 1.807) is 12.1 Å². The lowest BCUT2D eigenvalue weighted by molar-refractivity contribution is -0.125. The first-order valence-electron chi connectivity index (χ1n) is 7.23. The van der Waals surface area contributed by atoms with Crippen molar-refractivity contribution in [1.29, 1.82) is 0 Å². The lowest BCUT2D eigenvalue weighted by Crippen LogP contribution is -2.42. The Morgan fingerprint density at radius 3 is 2.55 bits per heavy atom. The van der Waals surface area contributed by atoms with Gasteiger partial charge in [0.15, 0.2) is 0 Å². The van der Waals surface area contributed by atoms with Crippen LogP contribution in [0.25, 0.3) is 0 Å². The maximum Gasteiger partial charge on any atom is 0.237 e. The van der Waals surface area contributed by atoms with E-state index in [4.69, 9.17) is 4.42 Å². The van der Waals surface area contributed by atoms with Gasteiger partial charge in [-0.1, -0.05) is 12.1 Å². The molecule has 0 radical (unpaired) electrons. The van der Waals surface area contributed by atoms with Crippen molar-refractivity contribution in [1.82, 2.24) is 10.2 Å². The number of furan rings is 1. The van der Waals surface area contributed by atoms with Crippen molar-refractivity contribution in [2.24, 2.45) is 0 Å². The van der Waals surface area contributed by atoms with Gasteiger partial charge in [0.25, 0.3) is 0 Å². The van der Waals surface area contributed by atoms with E-state index >= 15 is 0 Å². The molecule has 5 heteroatoms. The fourth-order valence-electron chi connectivity index (χ4n) is 2.09. The van der Waals surface area contributed by atoms with Gasteiger partial charge < -0.3 is 9.73 Å². The van der Waals surface area contributed by atoms with Crippen molar-refractivity contribution in [3.05, 3.63) is 59.3 Å². The van der Waals surface area contributed by atoms with Gasteiger partial charge in [-0.25, -0.2) is 4.39 Å². The van der Waals surface area contributed by atoms with E-state index in [-0.39, 0.29) is 17.8 Å². The number of hydrogen-bond donors (Lipinski definition) is 1. The minimum atomic E-state index is -0.286. The number of hydrogen-bond acceptors (Lipinski definition) is 3. The Morgan fingerprint density at radius 1 is 1.27 bits per heavy atom. The third-order valence-electron chi connectivity index (χ3n) is 3.62. The van der Waals surface area contributed by atoms with Gasteiger partial charge in [-0.05, 0) is 50.7 Å². The molecule has 2 rings (SSSR count). The summed E-state index contributed by atoms with van der Waals surface area (Å²) in [6, 6.07) is 9.63. The summed E-state index contributed by atoms with van der Waals surface area (Å²) in [5, 5.41) is 2.86. The van der Waals surface area contributed by atoms with Crippen LogP contribution in [-0.2, 0) is 17.9 Å². The molecule has 0 spiro atoms. The predicted octanol–water partition coefficient (Wildman–Crippen LogP) is 2.86. The first-order valence-corrected chi connectivity index (χ1v) is 7.23. The molecule has 4 nitrogen and oxygen atoms in total. The number of aryl methyl sites for hydroxylation is 1. The highest BCUT2D eigenvalue weighted by atomic mass is 19.1. The van der Waals surface area contributed by atoms with Crippen LogP contribution in [0.2, 0.25) is 0 Å². The van der Waals surface area contributed by atoms with E-state index in [0.717, 1.165) is 17.1 Å². The molecule has 1 heterocycles. The molecular formula is C17H21FN2O2. The molecule has 1 atom stereocenters. The average Bonchev–Trinajstić information content (AvgIpc) is 2.90. The smallest absolute Gasteiger partial charge is 0.237 e. The van der Waals surface area contributed by atoms with Gasteiger partial charge >= 0.3 is 0 Å². The first kappa shape index (κ1) is 16.2. The van der Waals surface area contributed by atoms with Gasteiger partial charge in [0, 0.05) is 6.54 Å². The summed E-state index contributed by atoms with van der Waals surface area (Å²) < 4.78 is 18.3. The zero-order chi connectivity index (χ0) is 16.1. The summed E-state index contributed by atoms with van der Waals surface area (Å²) in [4.78, 5) is 14.1. The highest BCUT2D eigenvalue weighted by Crippen LogP contribution is 2.10. The number of nitrogens with zero attached hydrogens (tertiary/aromatic N) is 1. The molecule has 0 unspecified atom stereocenters. The van der Waals surface area contributed by atoms with E-state index < -0.39 is 0 Å². The second-order valence-corrected chi connectivity index (χ2v) is 5.45. The molecule has 0 saturated heterocycles. The number of nitrogens with one attached hydrogen (secondary N) is 1. The van der Waals surface area contributed by atoms with Crippen molar-refractivity contribution >= 4 is 5.91 Å². The lowest BCUT2D eigenvalue weighted by atomic mass is 10.2. The van der Waals surface area contributed by atoms with Crippen molar-refractivity contribution in [2.75, 3.05) is 7.05 Å². The Labute approximate surface area is 129 Å². The average molecular weight is 304 g/mol. The Bertz CT molecular complexity index is 622. The van der Waals surface area contributed by atoms with E-state index in [2.05, 4.69) is 5.32 Å². The lowest BCUT2D eigenvalue weighted by Gasteiger charge is -2.22. The molecule has 0 fully saturated rings. The molecule has 22 heavy (non-hydrogen) atoms. The van der Waals surface area contributed by atoms with Crippen LogP contribution in [0.1, 0.15) is 24.0 Å². The second kappa shape index (κ2) is 7.22. The molecule has 1 aromatic carbocycles. The number of carbonyl (C=O) groups excluding carboxylic acids is 1. The summed E-state index contributed by atoms with van der Waals surface area (Å²) in [6.07, 6.45) is 0. The molecule has 0 saturated carbocycles. The molecule has 1 amide bonds. The van der Waals surface area contributed by atoms with E-state index in [1.807, 2.05) is 37.9 Å². The van der Waals surface area contributed by atoms with Crippen LogP contribution in [0.15, 0.2) is 40.8 Å². The quantitative estimate of drug-likeness (QED) is 0.892. The van der Waals surface area contributed by atoms with Crippen LogP contribution in [0.3, 0.4) is 0 Å². The summed E-state index contributed by atoms with van der Waals surface area (Å²) in [6.45, 7) is 4.69. The Morgan fingerprint density at radius 2 is 1.95 bits per heavy atom. The van der Waals surface area contributed by atoms with Gasteiger partial charge in [-0.3, -0.25) is 9.69 Å². The predicted molar refractivity (Wildman–Crippen MR) is 82.6 cm³/mol. The molecule has 0 bridgehead atoms. The number of rotatable bonds is 6. The monoisotopic (exact) mass is 304 g/mol. The highest BCUT2D eigenvalue weighted by Gasteiger charge is 2.18. The van der Waals surface area contributed by atoms with Crippen LogP contribution in [0, 0.1) is 12.7 Å². The number of likely N-dealkylation sites (N-methyl/N-ethyl adjacent to an activating group) is 1. The van der Waals surface area contributed by atoms with Crippen LogP contribution in [-0.4, -0.2) is 23.9 Å². The number of amides is 1. The van der Waals surface area contributed by atoms with Crippen molar-refractivity contribution in [2.45, 2.75) is 33.0 Å².